The Morgan fingerprint density at radius 2 is 1.07 bits per heavy atom. The Kier molecular flexibility index (Phi) is 7.94. The Balaban J connectivity index is 1.13. The minimum atomic E-state index is -0.186. The van der Waals surface area contributed by atoms with Crippen LogP contribution in [0.2, 0.25) is 0 Å². The van der Waals surface area contributed by atoms with Crippen LogP contribution in [0.3, 0.4) is 0 Å². The number of hydrogen-bond acceptors (Lipinski definition) is 3. The Labute approximate surface area is 338 Å². The standard InChI is InChI=1S/C54H40N4/c1-54(2)45-27-14-12-25-42(45)49-46(54)34-44(48-43-26-13-15-28-47(43)58(50(48)49)41-23-10-5-11-24-41)39-21-16-22-40(33-39)53-56-51(37-19-8-4-9-20-37)55-52(57-53)38-31-29-36(30-32-38)35-17-6-3-7-18-35/h3-4,6-10,12-34H,5,11H2,1-2H3. The molecule has 2 aliphatic carbocycles. The van der Waals surface area contributed by atoms with E-state index in [1.165, 1.54) is 60.9 Å². The van der Waals surface area contributed by atoms with E-state index < -0.39 is 0 Å². The first-order valence-electron chi connectivity index (χ1n) is 20.2. The highest BCUT2D eigenvalue weighted by Gasteiger charge is 2.39. The fourth-order valence-electron chi connectivity index (χ4n) is 9.20. The summed E-state index contributed by atoms with van der Waals surface area (Å²) >= 11 is 0. The first-order valence-corrected chi connectivity index (χ1v) is 20.2. The number of allylic oxidation sites excluding steroid dienone is 4. The first kappa shape index (κ1) is 34.1. The van der Waals surface area contributed by atoms with Crippen LogP contribution in [0, 0.1) is 0 Å². The number of nitrogens with zero attached hydrogens (tertiary/aromatic N) is 4. The van der Waals surface area contributed by atoms with Gasteiger partial charge in [-0.15, -0.1) is 0 Å². The lowest BCUT2D eigenvalue weighted by Gasteiger charge is -2.23. The molecule has 276 valence electrons. The number of fused-ring (bicyclic) bond motifs is 7. The molecule has 4 heteroatoms. The lowest BCUT2D eigenvalue weighted by molar-refractivity contribution is 0.661. The molecule has 4 nitrogen and oxygen atoms in total. The number of rotatable bonds is 6. The maximum absolute atomic E-state index is 5.18. The van der Waals surface area contributed by atoms with Crippen LogP contribution in [-0.2, 0) is 5.41 Å². The quantitative estimate of drug-likeness (QED) is 0.170. The maximum Gasteiger partial charge on any atom is 0.164 e. The van der Waals surface area contributed by atoms with Gasteiger partial charge in [-0.1, -0.05) is 172 Å². The molecule has 0 unspecified atom stereocenters. The number of aromatic nitrogens is 4. The van der Waals surface area contributed by atoms with Crippen molar-refractivity contribution in [1.82, 2.24) is 19.5 Å². The van der Waals surface area contributed by atoms with E-state index in [-0.39, 0.29) is 5.41 Å². The van der Waals surface area contributed by atoms with E-state index in [0.29, 0.717) is 17.5 Å². The van der Waals surface area contributed by atoms with Gasteiger partial charge in [-0.05, 0) is 76.1 Å². The lowest BCUT2D eigenvalue weighted by Crippen LogP contribution is -2.15. The van der Waals surface area contributed by atoms with Crippen molar-refractivity contribution in [2.45, 2.75) is 32.1 Å². The first-order chi connectivity index (χ1) is 28.5. The average Bonchev–Trinajstić information content (AvgIpc) is 3.76. The van der Waals surface area contributed by atoms with Crippen LogP contribution in [0.15, 0.2) is 182 Å². The predicted octanol–water partition coefficient (Wildman–Crippen LogP) is 13.8. The summed E-state index contributed by atoms with van der Waals surface area (Å²) in [5.41, 5.74) is 16.4. The van der Waals surface area contributed by atoms with Crippen LogP contribution in [0.4, 0.5) is 0 Å². The van der Waals surface area contributed by atoms with E-state index in [9.17, 15) is 0 Å². The maximum atomic E-state index is 5.18. The van der Waals surface area contributed by atoms with E-state index in [2.05, 4.69) is 176 Å². The molecule has 0 spiro atoms. The summed E-state index contributed by atoms with van der Waals surface area (Å²) in [6.45, 7) is 4.75. The van der Waals surface area contributed by atoms with Gasteiger partial charge in [-0.3, -0.25) is 0 Å². The van der Waals surface area contributed by atoms with Crippen molar-refractivity contribution >= 4 is 27.5 Å². The zero-order valence-electron chi connectivity index (χ0n) is 32.5. The summed E-state index contributed by atoms with van der Waals surface area (Å²) in [6.07, 6.45) is 9.11. The molecule has 0 fully saturated rings. The van der Waals surface area contributed by atoms with Gasteiger partial charge in [0.05, 0.1) is 11.0 Å². The molecule has 0 bridgehead atoms. The summed E-state index contributed by atoms with van der Waals surface area (Å²) < 4.78 is 2.53. The largest absolute Gasteiger partial charge is 0.309 e. The molecule has 58 heavy (non-hydrogen) atoms. The van der Waals surface area contributed by atoms with Crippen LogP contribution < -0.4 is 0 Å². The molecular formula is C54H40N4. The van der Waals surface area contributed by atoms with Crippen LogP contribution in [0.25, 0.3) is 95.0 Å². The highest BCUT2D eigenvalue weighted by atomic mass is 15.0. The second kappa shape index (κ2) is 13.5. The number of hydrogen-bond donors (Lipinski definition) is 0. The van der Waals surface area contributed by atoms with E-state index >= 15 is 0 Å². The second-order valence-corrected chi connectivity index (χ2v) is 15.9. The van der Waals surface area contributed by atoms with Crippen LogP contribution in [0.5, 0.6) is 0 Å². The molecule has 7 aromatic carbocycles. The summed E-state index contributed by atoms with van der Waals surface area (Å²) in [4.78, 5) is 15.4. The minimum absolute atomic E-state index is 0.186. The van der Waals surface area contributed by atoms with Gasteiger partial charge in [0.15, 0.2) is 17.5 Å². The summed E-state index contributed by atoms with van der Waals surface area (Å²) in [6, 6.07) is 58.3. The van der Waals surface area contributed by atoms with Gasteiger partial charge in [-0.2, -0.15) is 0 Å². The van der Waals surface area contributed by atoms with E-state index in [4.69, 9.17) is 15.0 Å². The fraction of sp³-hybridized carbons (Fsp3) is 0.0926. The molecule has 11 rings (SSSR count). The molecule has 2 aromatic heterocycles. The molecule has 0 aliphatic heterocycles. The van der Waals surface area contributed by atoms with Crippen molar-refractivity contribution in [1.29, 1.82) is 0 Å². The smallest absolute Gasteiger partial charge is 0.164 e. The van der Waals surface area contributed by atoms with Crippen molar-refractivity contribution in [3.8, 4) is 67.5 Å². The van der Waals surface area contributed by atoms with Crippen molar-refractivity contribution in [3.05, 3.63) is 193 Å². The van der Waals surface area contributed by atoms with Crippen molar-refractivity contribution in [3.63, 3.8) is 0 Å². The van der Waals surface area contributed by atoms with Gasteiger partial charge < -0.3 is 4.57 Å². The van der Waals surface area contributed by atoms with Crippen LogP contribution in [0.1, 0.15) is 37.8 Å². The summed E-state index contributed by atoms with van der Waals surface area (Å²) in [5.74, 6) is 1.93. The van der Waals surface area contributed by atoms with Crippen molar-refractivity contribution in [2.75, 3.05) is 0 Å². The molecular weight excluding hydrogens is 705 g/mol. The second-order valence-electron chi connectivity index (χ2n) is 15.9. The number of benzene rings is 7. The molecule has 0 saturated heterocycles. The third-order valence-corrected chi connectivity index (χ3v) is 12.1. The Hall–Kier alpha value is -7.17. The highest BCUT2D eigenvalue weighted by molar-refractivity contribution is 6.22. The summed E-state index contributed by atoms with van der Waals surface area (Å²) in [7, 11) is 0. The predicted molar refractivity (Wildman–Crippen MR) is 240 cm³/mol. The molecule has 2 heterocycles. The van der Waals surface area contributed by atoms with Gasteiger partial charge in [0.2, 0.25) is 0 Å². The van der Waals surface area contributed by atoms with Gasteiger partial charge in [-0.25, -0.2) is 15.0 Å². The monoisotopic (exact) mass is 744 g/mol. The van der Waals surface area contributed by atoms with Gasteiger partial charge in [0.1, 0.15) is 0 Å². The van der Waals surface area contributed by atoms with Crippen LogP contribution in [-0.4, -0.2) is 19.5 Å². The van der Waals surface area contributed by atoms with E-state index in [0.717, 1.165) is 40.7 Å². The van der Waals surface area contributed by atoms with Gasteiger partial charge in [0.25, 0.3) is 0 Å². The molecule has 0 atom stereocenters. The van der Waals surface area contributed by atoms with Gasteiger partial charge >= 0.3 is 0 Å². The normalized spacial score (nSPS) is 14.1. The molecule has 0 saturated carbocycles. The number of para-hydroxylation sites is 1. The van der Waals surface area contributed by atoms with Crippen molar-refractivity contribution in [2.24, 2.45) is 0 Å². The highest BCUT2D eigenvalue weighted by Crippen LogP contribution is 2.55. The third kappa shape index (κ3) is 5.48. The van der Waals surface area contributed by atoms with Gasteiger partial charge in [0, 0.05) is 44.1 Å². The third-order valence-electron chi connectivity index (χ3n) is 12.1. The Morgan fingerprint density at radius 1 is 0.483 bits per heavy atom. The Morgan fingerprint density at radius 3 is 1.81 bits per heavy atom. The fourth-order valence-corrected chi connectivity index (χ4v) is 9.20. The molecule has 0 N–H and O–H groups in total. The molecule has 0 amide bonds. The average molecular weight is 745 g/mol. The SMILES string of the molecule is CC1(C)c2ccccc2-c2c1cc(-c1cccc(-c3nc(-c4ccccc4)nc(-c4ccc(-c5ccccc5)cc4)n3)c1)c1c3ccccc3n(C3=CCCC=C3)c21. The Bertz CT molecular complexity index is 3110. The molecule has 0 radical (unpaired) electrons. The zero-order valence-corrected chi connectivity index (χ0v) is 32.5. The van der Waals surface area contributed by atoms with Crippen molar-refractivity contribution < 1.29 is 0 Å². The zero-order chi connectivity index (χ0) is 38.8. The molecule has 2 aliphatic rings. The topological polar surface area (TPSA) is 43.6 Å². The summed E-state index contributed by atoms with van der Waals surface area (Å²) in [5, 5.41) is 2.51. The molecule has 9 aromatic rings. The van der Waals surface area contributed by atoms with Crippen LogP contribution >= 0.6 is 0 Å². The lowest BCUT2D eigenvalue weighted by atomic mass is 9.81. The minimum Gasteiger partial charge on any atom is -0.309 e. The van der Waals surface area contributed by atoms with E-state index in [1.807, 2.05) is 24.3 Å². The van der Waals surface area contributed by atoms with E-state index in [1.54, 1.807) is 0 Å².